The van der Waals surface area contributed by atoms with E-state index in [0.717, 1.165) is 26.1 Å². The van der Waals surface area contributed by atoms with E-state index < -0.39 is 8.32 Å². The molecule has 0 amide bonds. The molecule has 0 saturated carbocycles. The van der Waals surface area contributed by atoms with Crippen molar-refractivity contribution in [3.63, 3.8) is 0 Å². The quantitative estimate of drug-likeness (QED) is 0.774. The van der Waals surface area contributed by atoms with Gasteiger partial charge < -0.3 is 9.74 Å². The third kappa shape index (κ3) is 4.91. The van der Waals surface area contributed by atoms with E-state index in [4.69, 9.17) is 4.43 Å². The minimum Gasteiger partial charge on any atom is -0.413 e. The number of hydrogen-bond donors (Lipinski definition) is 1. The molecule has 1 heterocycles. The molecule has 1 N–H and O–H groups in total. The van der Waals surface area contributed by atoms with Crippen molar-refractivity contribution in [1.29, 1.82) is 0 Å². The zero-order valence-corrected chi connectivity index (χ0v) is 17.6. The van der Waals surface area contributed by atoms with Gasteiger partial charge in [-0.25, -0.2) is 0 Å². The Morgan fingerprint density at radius 3 is 2.62 bits per heavy atom. The van der Waals surface area contributed by atoms with Crippen molar-refractivity contribution in [2.45, 2.75) is 64.4 Å². The van der Waals surface area contributed by atoms with Gasteiger partial charge in [-0.1, -0.05) is 50.6 Å². The molecule has 2 atom stereocenters. The third-order valence-corrected chi connectivity index (χ3v) is 10.3. The van der Waals surface area contributed by atoms with Gasteiger partial charge in [-0.2, -0.15) is 0 Å². The molecule has 0 aromatic heterocycles. The minimum absolute atomic E-state index is 0.287. The molecule has 1 aromatic carbocycles. The zero-order valence-electron chi connectivity index (χ0n) is 16.6. The van der Waals surface area contributed by atoms with Crippen LogP contribution in [0, 0.1) is 6.92 Å². The first-order chi connectivity index (χ1) is 11.1. The molecule has 0 radical (unpaired) electrons. The molecule has 136 valence electrons. The first-order valence-electron chi connectivity index (χ1n) is 9.26. The van der Waals surface area contributed by atoms with Crippen molar-refractivity contribution in [2.24, 2.45) is 0 Å². The number of likely N-dealkylation sites (tertiary alicyclic amines) is 1. The Morgan fingerprint density at radius 2 is 2.04 bits per heavy atom. The molecule has 1 aliphatic rings. The van der Waals surface area contributed by atoms with E-state index in [-0.39, 0.29) is 5.04 Å². The summed E-state index contributed by atoms with van der Waals surface area (Å²) in [6, 6.07) is 9.23. The first-order valence-corrected chi connectivity index (χ1v) is 12.2. The summed E-state index contributed by atoms with van der Waals surface area (Å²) in [4.78, 5) is 2.56. The van der Waals surface area contributed by atoms with E-state index in [1.54, 1.807) is 0 Å². The molecule has 1 fully saturated rings. The lowest BCUT2D eigenvalue weighted by Crippen LogP contribution is -2.44. The molecular weight excluding hydrogens is 312 g/mol. The van der Waals surface area contributed by atoms with Crippen molar-refractivity contribution in [3.8, 4) is 0 Å². The standard InChI is InChI=1S/C20H36N2OSi/c1-16-9-8-10-17(13-16)19(21-5)15-22-12-11-18(14-22)23-24(6,7)20(2,3)4/h8-10,13,18-19,21H,11-12,14-15H2,1-7H3/t18-,19-/m1/s1. The van der Waals surface area contributed by atoms with Gasteiger partial charge >= 0.3 is 0 Å². The highest BCUT2D eigenvalue weighted by molar-refractivity contribution is 6.74. The van der Waals surface area contributed by atoms with Gasteiger partial charge in [-0.3, -0.25) is 4.90 Å². The van der Waals surface area contributed by atoms with Crippen LogP contribution in [0.5, 0.6) is 0 Å². The molecule has 24 heavy (non-hydrogen) atoms. The number of aryl methyl sites for hydroxylation is 1. The van der Waals surface area contributed by atoms with Crippen LogP contribution in [0.1, 0.15) is 44.4 Å². The summed E-state index contributed by atoms with van der Waals surface area (Å²) in [7, 11) is 0.401. The highest BCUT2D eigenvalue weighted by Gasteiger charge is 2.40. The van der Waals surface area contributed by atoms with E-state index in [1.165, 1.54) is 11.1 Å². The van der Waals surface area contributed by atoms with Crippen LogP contribution in [0.3, 0.4) is 0 Å². The van der Waals surface area contributed by atoms with Gasteiger partial charge in [0.1, 0.15) is 0 Å². The molecule has 0 aliphatic carbocycles. The Bertz CT molecular complexity index is 539. The summed E-state index contributed by atoms with van der Waals surface area (Å²) in [5, 5.41) is 3.77. The number of benzene rings is 1. The Balaban J connectivity index is 1.93. The monoisotopic (exact) mass is 348 g/mol. The fraction of sp³-hybridized carbons (Fsp3) is 0.700. The lowest BCUT2D eigenvalue weighted by Gasteiger charge is -2.38. The van der Waals surface area contributed by atoms with Gasteiger partial charge in [-0.05, 0) is 44.1 Å². The predicted molar refractivity (Wildman–Crippen MR) is 106 cm³/mol. The van der Waals surface area contributed by atoms with E-state index in [2.05, 4.69) is 82.3 Å². The van der Waals surface area contributed by atoms with Crippen LogP contribution in [0.4, 0.5) is 0 Å². The van der Waals surface area contributed by atoms with E-state index in [1.807, 2.05) is 0 Å². The maximum atomic E-state index is 6.61. The van der Waals surface area contributed by atoms with Gasteiger partial charge in [0.05, 0.1) is 6.10 Å². The number of likely N-dealkylation sites (N-methyl/N-ethyl adjacent to an activating group) is 1. The average Bonchev–Trinajstić information content (AvgIpc) is 2.90. The molecule has 0 bridgehead atoms. The fourth-order valence-electron chi connectivity index (χ4n) is 3.16. The Labute approximate surface area is 149 Å². The second-order valence-corrected chi connectivity index (χ2v) is 13.6. The van der Waals surface area contributed by atoms with Crippen molar-refractivity contribution in [1.82, 2.24) is 10.2 Å². The molecule has 4 heteroatoms. The van der Waals surface area contributed by atoms with Crippen molar-refractivity contribution in [3.05, 3.63) is 35.4 Å². The topological polar surface area (TPSA) is 24.5 Å². The number of nitrogens with zero attached hydrogens (tertiary/aromatic N) is 1. The van der Waals surface area contributed by atoms with Crippen LogP contribution < -0.4 is 5.32 Å². The highest BCUT2D eigenvalue weighted by atomic mass is 28.4. The SMILES string of the molecule is CN[C@H](CN1CC[C@@H](O[Si](C)(C)C(C)(C)C)C1)c1cccc(C)c1. The second-order valence-electron chi connectivity index (χ2n) is 8.80. The molecule has 1 saturated heterocycles. The van der Waals surface area contributed by atoms with Crippen LogP contribution in [0.2, 0.25) is 18.1 Å². The molecular formula is C20H36N2OSi. The number of nitrogens with one attached hydrogen (secondary N) is 1. The van der Waals surface area contributed by atoms with Gasteiger partial charge in [0.15, 0.2) is 8.32 Å². The molecule has 1 aromatic rings. The second kappa shape index (κ2) is 7.69. The molecule has 2 rings (SSSR count). The fourth-order valence-corrected chi connectivity index (χ4v) is 4.54. The van der Waals surface area contributed by atoms with E-state index in [0.29, 0.717) is 12.1 Å². The lowest BCUT2D eigenvalue weighted by atomic mass is 10.0. The lowest BCUT2D eigenvalue weighted by molar-refractivity contribution is 0.177. The molecule has 3 nitrogen and oxygen atoms in total. The summed E-state index contributed by atoms with van der Waals surface area (Å²) in [5.74, 6) is 0. The maximum absolute atomic E-state index is 6.61. The van der Waals surface area contributed by atoms with Crippen LogP contribution in [-0.2, 0) is 4.43 Å². The third-order valence-electron chi connectivity index (χ3n) is 5.73. The van der Waals surface area contributed by atoms with Gasteiger partial charge in [0.25, 0.3) is 0 Å². The van der Waals surface area contributed by atoms with E-state index >= 15 is 0 Å². The Kier molecular flexibility index (Phi) is 6.29. The zero-order chi connectivity index (χ0) is 18.0. The van der Waals surface area contributed by atoms with Crippen LogP contribution in [0.25, 0.3) is 0 Å². The van der Waals surface area contributed by atoms with Crippen LogP contribution >= 0.6 is 0 Å². The number of rotatable bonds is 6. The van der Waals surface area contributed by atoms with Gasteiger partial charge in [-0.15, -0.1) is 0 Å². The minimum atomic E-state index is -1.66. The predicted octanol–water partition coefficient (Wildman–Crippen LogP) is 4.35. The summed E-state index contributed by atoms with van der Waals surface area (Å²) in [6.07, 6.45) is 1.57. The smallest absolute Gasteiger partial charge is 0.192 e. The van der Waals surface area contributed by atoms with E-state index in [9.17, 15) is 0 Å². The Morgan fingerprint density at radius 1 is 1.33 bits per heavy atom. The first kappa shape index (κ1) is 19.6. The maximum Gasteiger partial charge on any atom is 0.192 e. The largest absolute Gasteiger partial charge is 0.413 e. The molecule has 0 unspecified atom stereocenters. The summed E-state index contributed by atoms with van der Waals surface area (Å²) < 4.78 is 6.61. The normalized spacial score (nSPS) is 21.2. The highest BCUT2D eigenvalue weighted by Crippen LogP contribution is 2.38. The van der Waals surface area contributed by atoms with Crippen LogP contribution in [-0.4, -0.2) is 46.0 Å². The summed E-state index contributed by atoms with van der Waals surface area (Å²) in [6.45, 7) is 17.1. The van der Waals surface area contributed by atoms with Crippen LogP contribution in [0.15, 0.2) is 24.3 Å². The van der Waals surface area contributed by atoms with Gasteiger partial charge in [0.2, 0.25) is 0 Å². The van der Waals surface area contributed by atoms with Gasteiger partial charge in [0, 0.05) is 25.7 Å². The number of hydrogen-bond acceptors (Lipinski definition) is 3. The summed E-state index contributed by atoms with van der Waals surface area (Å²) in [5.41, 5.74) is 2.71. The van der Waals surface area contributed by atoms with Crippen molar-refractivity contribution in [2.75, 3.05) is 26.7 Å². The van der Waals surface area contributed by atoms with Crippen molar-refractivity contribution >= 4 is 8.32 Å². The summed E-state index contributed by atoms with van der Waals surface area (Å²) >= 11 is 0. The Hall–Kier alpha value is -0.683. The molecule has 1 aliphatic heterocycles. The molecule has 0 spiro atoms. The van der Waals surface area contributed by atoms with Crippen molar-refractivity contribution < 1.29 is 4.43 Å². The average molecular weight is 349 g/mol.